The van der Waals surface area contributed by atoms with Crippen LogP contribution in [0.1, 0.15) is 193 Å². The summed E-state index contributed by atoms with van der Waals surface area (Å²) >= 11 is 16.6. The lowest BCUT2D eigenvalue weighted by Gasteiger charge is -2.27. The van der Waals surface area contributed by atoms with Gasteiger partial charge in [-0.2, -0.15) is 50.5 Å². The quantitative estimate of drug-likeness (QED) is 0.123. The average molecular weight is 1060 g/mol. The third-order valence-corrected chi connectivity index (χ3v) is 13.7. The first-order valence-electron chi connectivity index (χ1n) is 26.2. The van der Waals surface area contributed by atoms with Crippen molar-refractivity contribution in [2.24, 2.45) is 0 Å². The maximum absolute atomic E-state index is 11.9. The molecule has 0 aliphatic carbocycles. The molecule has 20 heteroatoms. The number of nitrogens with one attached hydrogen (secondary N) is 4. The zero-order valence-electron chi connectivity index (χ0n) is 42.0. The van der Waals surface area contributed by atoms with Gasteiger partial charge in [-0.25, -0.2) is 0 Å². The molecule has 0 spiro atoms. The van der Waals surface area contributed by atoms with E-state index in [0.29, 0.717) is 151 Å². The van der Waals surface area contributed by atoms with Crippen LogP contribution in [0.3, 0.4) is 0 Å². The molecule has 4 N–H and O–H groups in total. The van der Waals surface area contributed by atoms with Crippen LogP contribution in [0, 0.1) is 0 Å². The number of hydrogen-bond acceptors (Lipinski definition) is 16. The maximum Gasteiger partial charge on any atom is 0.149 e. The Balaban J connectivity index is 0.000000467. The molecular weight excluding hydrogens is 969 g/mol. The third-order valence-electron chi connectivity index (χ3n) is 12.2. The number of rotatable bonds is 4. The van der Waals surface area contributed by atoms with Crippen LogP contribution >= 0.6 is 50.5 Å². The van der Waals surface area contributed by atoms with Gasteiger partial charge in [0.1, 0.15) is 46.3 Å². The highest BCUT2D eigenvalue weighted by Gasteiger charge is 2.17. The van der Waals surface area contributed by atoms with Gasteiger partial charge in [0.05, 0.1) is 24.2 Å². The Kier molecular flexibility index (Phi) is 43.7. The summed E-state index contributed by atoms with van der Waals surface area (Å²) in [5, 5.41) is 0. The fourth-order valence-electron chi connectivity index (χ4n) is 7.71. The van der Waals surface area contributed by atoms with Crippen LogP contribution in [0.4, 0.5) is 0 Å². The lowest BCUT2D eigenvalue weighted by molar-refractivity contribution is -0.122. The monoisotopic (exact) mass is 1060 g/mol. The van der Waals surface area contributed by atoms with E-state index in [1.165, 1.54) is 0 Å². The van der Waals surface area contributed by atoms with Gasteiger partial charge in [0.15, 0.2) is 0 Å². The highest BCUT2D eigenvalue weighted by molar-refractivity contribution is 7.80. The second kappa shape index (κ2) is 46.0. The highest BCUT2D eigenvalue weighted by Crippen LogP contribution is 2.14. The smallest absolute Gasteiger partial charge is 0.149 e. The van der Waals surface area contributed by atoms with Gasteiger partial charge in [-0.05, 0) is 51.4 Å². The fraction of sp³-hybridized carbons (Fsp3) is 0.840. The zero-order valence-corrected chi connectivity index (χ0v) is 45.6. The summed E-state index contributed by atoms with van der Waals surface area (Å²) in [6.07, 6.45) is 23.4. The van der Waals surface area contributed by atoms with E-state index in [9.17, 15) is 38.4 Å². The number of carbonyl (C=O) groups excluding carboxylic acids is 8. The second-order valence-corrected chi connectivity index (χ2v) is 19.8. The van der Waals surface area contributed by atoms with Crippen LogP contribution in [0.5, 0.6) is 0 Å². The first kappa shape index (κ1) is 66.5. The maximum atomic E-state index is 11.9. The Hall–Kier alpha value is -1.56. The van der Waals surface area contributed by atoms with Crippen molar-refractivity contribution in [3.05, 3.63) is 21.7 Å². The average Bonchev–Trinajstić information content (AvgIpc) is 3.37. The number of thiol groups is 4. The van der Waals surface area contributed by atoms with Crippen molar-refractivity contribution in [2.75, 3.05) is 49.2 Å². The Morgan fingerprint density at radius 1 is 0.271 bits per heavy atom. The number of ketones is 8. The van der Waals surface area contributed by atoms with Crippen LogP contribution in [-0.2, 0) is 38.4 Å². The van der Waals surface area contributed by atoms with Crippen LogP contribution in [0.25, 0.3) is 21.7 Å². The van der Waals surface area contributed by atoms with Gasteiger partial charge in [0, 0.05) is 100 Å². The molecule has 4 aliphatic rings. The molecule has 0 aromatic heterocycles. The Morgan fingerprint density at radius 3 is 0.686 bits per heavy atom. The summed E-state index contributed by atoms with van der Waals surface area (Å²) in [7, 11) is 0. The Labute approximate surface area is 442 Å². The summed E-state index contributed by atoms with van der Waals surface area (Å²) in [6, 6.07) is -1.19. The SMILES string of the molecule is O=C1CCCCCCC[N-]N[C@H](CS)C(=O)CCC1.O=C1CCCCC[N-]N[C@H](CS)C(=O)CCC1.O=C1CCCCC[N-]N[C@H](CS)C(=O)CCC1.O=C1CCCCC[N-]N[C@H](CS)C(=O)CCC1. The van der Waals surface area contributed by atoms with E-state index >= 15 is 0 Å². The molecule has 0 radical (unpaired) electrons. The van der Waals surface area contributed by atoms with Gasteiger partial charge < -0.3 is 43.4 Å². The number of Topliss-reactive ketones (excluding diaryl/α,β-unsaturated/α-hetero) is 8. The van der Waals surface area contributed by atoms with E-state index in [4.69, 9.17) is 0 Å². The minimum Gasteiger partial charge on any atom is -0.597 e. The van der Waals surface area contributed by atoms with Crippen molar-refractivity contribution in [3.63, 3.8) is 0 Å². The number of hydrogen-bond donors (Lipinski definition) is 8. The highest BCUT2D eigenvalue weighted by atomic mass is 32.1. The first-order valence-corrected chi connectivity index (χ1v) is 28.8. The number of carbonyl (C=O) groups is 8. The Bertz CT molecular complexity index is 1360. The van der Waals surface area contributed by atoms with Gasteiger partial charge >= 0.3 is 0 Å². The van der Waals surface area contributed by atoms with E-state index in [2.05, 4.69) is 93.9 Å². The molecule has 0 aromatic rings. The van der Waals surface area contributed by atoms with Gasteiger partial charge in [-0.3, -0.25) is 38.4 Å². The van der Waals surface area contributed by atoms with Crippen LogP contribution in [-0.4, -0.2) is 120 Å². The molecule has 0 aromatic carbocycles. The third kappa shape index (κ3) is 36.4. The second-order valence-electron chi connectivity index (χ2n) is 18.4. The van der Waals surface area contributed by atoms with E-state index in [1.54, 1.807) is 0 Å². The largest absolute Gasteiger partial charge is 0.597 e. The summed E-state index contributed by atoms with van der Waals surface area (Å²) in [5.41, 5.74) is 28.2. The number of nitrogens with zero attached hydrogens (tertiary/aromatic N) is 4. The molecule has 0 amide bonds. The van der Waals surface area contributed by atoms with Gasteiger partial charge in [0.2, 0.25) is 0 Å². The van der Waals surface area contributed by atoms with Gasteiger partial charge in [-0.15, -0.1) is 26.2 Å². The first-order chi connectivity index (χ1) is 33.9. The van der Waals surface area contributed by atoms with Crippen molar-refractivity contribution in [1.29, 1.82) is 0 Å². The van der Waals surface area contributed by atoms with E-state index in [0.717, 1.165) is 96.4 Å². The molecular formula is C50H88N8O8S4-4. The molecule has 0 saturated carbocycles. The fourth-order valence-corrected chi connectivity index (χ4v) is 8.85. The van der Waals surface area contributed by atoms with E-state index < -0.39 is 0 Å². The summed E-state index contributed by atoms with van der Waals surface area (Å²) in [4.78, 5) is 93.3. The lowest BCUT2D eigenvalue weighted by Crippen LogP contribution is -2.36. The molecule has 404 valence electrons. The molecule has 70 heavy (non-hydrogen) atoms. The molecule has 4 rings (SSSR count). The molecule has 4 fully saturated rings. The predicted molar refractivity (Wildman–Crippen MR) is 295 cm³/mol. The molecule has 4 saturated heterocycles. The van der Waals surface area contributed by atoms with Crippen LogP contribution in [0.15, 0.2) is 0 Å². The molecule has 4 heterocycles. The van der Waals surface area contributed by atoms with Crippen molar-refractivity contribution < 1.29 is 38.4 Å². The van der Waals surface area contributed by atoms with Crippen LogP contribution < -0.4 is 21.7 Å². The molecule has 0 bridgehead atoms. The topological polar surface area (TPSA) is 241 Å². The van der Waals surface area contributed by atoms with Crippen molar-refractivity contribution in [2.45, 2.75) is 217 Å². The minimum absolute atomic E-state index is 0.107. The molecule has 0 unspecified atom stereocenters. The van der Waals surface area contributed by atoms with Crippen molar-refractivity contribution in [3.8, 4) is 0 Å². The van der Waals surface area contributed by atoms with Crippen molar-refractivity contribution in [1.82, 2.24) is 21.7 Å². The minimum atomic E-state index is -0.302. The predicted octanol–water partition coefficient (Wildman–Crippen LogP) is 8.96. The molecule has 4 aliphatic heterocycles. The van der Waals surface area contributed by atoms with E-state index in [1.807, 2.05) is 0 Å². The molecule has 4 atom stereocenters. The van der Waals surface area contributed by atoms with Crippen LogP contribution in [0.2, 0.25) is 0 Å². The molecule has 16 nitrogen and oxygen atoms in total. The summed E-state index contributed by atoms with van der Waals surface area (Å²) < 4.78 is 0. The van der Waals surface area contributed by atoms with Gasteiger partial charge in [0.25, 0.3) is 0 Å². The lowest BCUT2D eigenvalue weighted by atomic mass is 10.0. The Morgan fingerprint density at radius 2 is 0.457 bits per heavy atom. The summed E-state index contributed by atoms with van der Waals surface area (Å²) in [5.74, 6) is 3.39. The van der Waals surface area contributed by atoms with Gasteiger partial charge in [-0.1, -0.05) is 64.2 Å². The van der Waals surface area contributed by atoms with E-state index in [-0.39, 0.29) is 64.7 Å². The van der Waals surface area contributed by atoms with Crippen molar-refractivity contribution >= 4 is 96.8 Å². The normalized spacial score (nSPS) is 25.8. The summed E-state index contributed by atoms with van der Waals surface area (Å²) in [6.45, 7) is 2.85. The standard InChI is InChI=1S/C14H25N2O2S.3C12H21N2O2S/c17-12-7-4-2-1-3-5-10-15-16-13(11-19)14(18)9-6-8-12;3*15-10-5-2-1-3-8-13-14-11(9-17)12(16)7-4-6-10/h13,16,19H,1-11H2;3*11,14,17H,1-9H2/q4*-1/t13-;3*11-/m1111/s1. The zero-order chi connectivity index (χ0) is 51.5.